The molecule has 0 radical (unpaired) electrons. The van der Waals surface area contributed by atoms with E-state index >= 15 is 0 Å². The lowest BCUT2D eigenvalue weighted by molar-refractivity contribution is 0.100. The fraction of sp³-hybridized carbons (Fsp3) is 0.400. The average Bonchev–Trinajstić information content (AvgIpc) is 3.05. The predicted molar refractivity (Wildman–Crippen MR) is 120 cm³/mol. The van der Waals surface area contributed by atoms with Gasteiger partial charge in [0.1, 0.15) is 5.82 Å². The minimum atomic E-state index is -0.803. The molecule has 1 amide bonds. The number of anilines is 4. The third kappa shape index (κ3) is 4.50. The predicted octanol–water partition coefficient (Wildman–Crippen LogP) is 1.95. The molecule has 3 aromatic heterocycles. The number of rotatable bonds is 8. The quantitative estimate of drug-likeness (QED) is 0.426. The van der Waals surface area contributed by atoms with Crippen LogP contribution in [0.2, 0.25) is 0 Å². The number of hydrogen-bond acceptors (Lipinski definition) is 8. The van der Waals surface area contributed by atoms with Crippen LogP contribution in [0.3, 0.4) is 0 Å². The molecule has 0 aliphatic heterocycles. The first kappa shape index (κ1) is 22.2. The van der Waals surface area contributed by atoms with Crippen molar-refractivity contribution in [2.75, 3.05) is 29.6 Å². The van der Waals surface area contributed by atoms with Gasteiger partial charge in [0, 0.05) is 33.2 Å². The first-order valence-corrected chi connectivity index (χ1v) is 9.91. The number of aromatic nitrogens is 4. The smallest absolute Gasteiger partial charge is 0.252 e. The normalized spacial score (nSPS) is 13.1. The SMILES string of the molecule is CC[C@H](N)[C@@H](C)Nc1nc(Nc2cnc3c(c2)c(N(C)C)nn3C)c(C(N)=O)cc1F. The number of nitrogens with zero attached hydrogens (tertiary/aromatic N) is 5. The third-order valence-corrected chi connectivity index (χ3v) is 5.06. The molecule has 10 nitrogen and oxygen atoms in total. The van der Waals surface area contributed by atoms with E-state index in [9.17, 15) is 9.18 Å². The van der Waals surface area contributed by atoms with Gasteiger partial charge in [-0.3, -0.25) is 4.79 Å². The molecule has 0 aliphatic carbocycles. The largest absolute Gasteiger partial charge is 0.365 e. The van der Waals surface area contributed by atoms with E-state index in [0.29, 0.717) is 17.8 Å². The van der Waals surface area contributed by atoms with E-state index in [-0.39, 0.29) is 29.3 Å². The number of primary amides is 1. The summed E-state index contributed by atoms with van der Waals surface area (Å²) in [6.07, 6.45) is 2.30. The molecule has 0 saturated carbocycles. The average molecular weight is 430 g/mol. The van der Waals surface area contributed by atoms with Crippen LogP contribution >= 0.6 is 0 Å². The van der Waals surface area contributed by atoms with Crippen molar-refractivity contribution in [1.29, 1.82) is 0 Å². The molecule has 166 valence electrons. The summed E-state index contributed by atoms with van der Waals surface area (Å²) in [5.74, 6) is -0.660. The van der Waals surface area contributed by atoms with Crippen molar-refractivity contribution in [3.05, 3.63) is 29.7 Å². The number of nitrogens with two attached hydrogens (primary N) is 2. The van der Waals surface area contributed by atoms with Crippen LogP contribution in [0.4, 0.5) is 27.5 Å². The lowest BCUT2D eigenvalue weighted by atomic mass is 10.1. The van der Waals surface area contributed by atoms with Crippen LogP contribution < -0.4 is 27.0 Å². The molecule has 0 fully saturated rings. The Hall–Kier alpha value is -3.47. The lowest BCUT2D eigenvalue weighted by Crippen LogP contribution is -2.38. The Morgan fingerprint density at radius 1 is 1.32 bits per heavy atom. The van der Waals surface area contributed by atoms with Gasteiger partial charge in [-0.1, -0.05) is 6.92 Å². The molecular formula is C20H28FN9O. The molecular weight excluding hydrogens is 401 g/mol. The number of nitrogens with one attached hydrogen (secondary N) is 2. The molecule has 11 heteroatoms. The van der Waals surface area contributed by atoms with Crippen molar-refractivity contribution in [3.8, 4) is 0 Å². The van der Waals surface area contributed by atoms with Crippen LogP contribution in [0.1, 0.15) is 30.6 Å². The molecule has 3 aromatic rings. The number of pyridine rings is 2. The van der Waals surface area contributed by atoms with Gasteiger partial charge in [-0.15, -0.1) is 0 Å². The molecule has 3 rings (SSSR count). The van der Waals surface area contributed by atoms with Crippen LogP contribution in [0.5, 0.6) is 0 Å². The molecule has 0 aliphatic rings. The maximum absolute atomic E-state index is 14.6. The molecule has 31 heavy (non-hydrogen) atoms. The monoisotopic (exact) mass is 429 g/mol. The van der Waals surface area contributed by atoms with Crippen molar-refractivity contribution >= 4 is 40.1 Å². The maximum Gasteiger partial charge on any atom is 0.252 e. The first-order valence-electron chi connectivity index (χ1n) is 9.91. The standard InChI is InChI=1S/C20H28FN9O/c1-6-15(22)10(2)25-18-14(21)8-12(16(23)31)17(27-18)26-11-7-13-19(24-9-11)30(5)28-20(13)29(3)4/h7-10,15H,6,22H2,1-5H3,(H2,23,31)(H2,25,26,27)/t10-,15+/m1/s1. The fourth-order valence-corrected chi connectivity index (χ4v) is 3.21. The summed E-state index contributed by atoms with van der Waals surface area (Å²) < 4.78 is 16.3. The molecule has 2 atom stereocenters. The van der Waals surface area contributed by atoms with Crippen molar-refractivity contribution < 1.29 is 9.18 Å². The molecule has 6 N–H and O–H groups in total. The molecule has 0 spiro atoms. The highest BCUT2D eigenvalue weighted by atomic mass is 19.1. The number of halogens is 1. The lowest BCUT2D eigenvalue weighted by Gasteiger charge is -2.21. The van der Waals surface area contributed by atoms with Crippen molar-refractivity contribution in [1.82, 2.24) is 19.7 Å². The second-order valence-corrected chi connectivity index (χ2v) is 7.65. The molecule has 3 heterocycles. The fourth-order valence-electron chi connectivity index (χ4n) is 3.21. The Bertz CT molecular complexity index is 1110. The second kappa shape index (κ2) is 8.72. The number of aryl methyl sites for hydroxylation is 1. The van der Waals surface area contributed by atoms with Crippen LogP contribution in [-0.2, 0) is 7.05 Å². The van der Waals surface area contributed by atoms with E-state index in [1.807, 2.05) is 46.0 Å². The van der Waals surface area contributed by atoms with E-state index in [1.54, 1.807) is 10.9 Å². The topological polar surface area (TPSA) is 140 Å². The Morgan fingerprint density at radius 3 is 2.65 bits per heavy atom. The minimum Gasteiger partial charge on any atom is -0.365 e. The molecule has 0 saturated heterocycles. The molecule has 0 unspecified atom stereocenters. The second-order valence-electron chi connectivity index (χ2n) is 7.65. The first-order chi connectivity index (χ1) is 14.6. The van der Waals surface area contributed by atoms with E-state index < -0.39 is 11.7 Å². The van der Waals surface area contributed by atoms with E-state index in [2.05, 4.69) is 25.7 Å². The third-order valence-electron chi connectivity index (χ3n) is 5.06. The van der Waals surface area contributed by atoms with Crippen LogP contribution in [0.25, 0.3) is 11.0 Å². The number of amides is 1. The van der Waals surface area contributed by atoms with E-state index in [0.717, 1.165) is 17.3 Å². The van der Waals surface area contributed by atoms with Crippen molar-refractivity contribution in [3.63, 3.8) is 0 Å². The van der Waals surface area contributed by atoms with Gasteiger partial charge in [0.2, 0.25) is 0 Å². The van der Waals surface area contributed by atoms with Gasteiger partial charge >= 0.3 is 0 Å². The van der Waals surface area contributed by atoms with Gasteiger partial charge in [0.05, 0.1) is 22.8 Å². The highest BCUT2D eigenvalue weighted by Gasteiger charge is 2.20. The zero-order valence-corrected chi connectivity index (χ0v) is 18.3. The van der Waals surface area contributed by atoms with Gasteiger partial charge in [-0.05, 0) is 25.5 Å². The van der Waals surface area contributed by atoms with Crippen LogP contribution in [-0.4, -0.2) is 51.8 Å². The number of hydrogen-bond donors (Lipinski definition) is 4. The van der Waals surface area contributed by atoms with E-state index in [4.69, 9.17) is 11.5 Å². The number of carbonyl (C=O) groups is 1. The summed E-state index contributed by atoms with van der Waals surface area (Å²) in [7, 11) is 5.58. The van der Waals surface area contributed by atoms with Crippen LogP contribution in [0.15, 0.2) is 18.3 Å². The zero-order chi connectivity index (χ0) is 22.9. The van der Waals surface area contributed by atoms with Gasteiger partial charge < -0.3 is 27.0 Å². The zero-order valence-electron chi connectivity index (χ0n) is 18.3. The summed E-state index contributed by atoms with van der Waals surface area (Å²) in [4.78, 5) is 22.5. The summed E-state index contributed by atoms with van der Waals surface area (Å²) in [5.41, 5.74) is 12.7. The number of fused-ring (bicyclic) bond motifs is 1. The number of carbonyl (C=O) groups excluding carboxylic acids is 1. The summed E-state index contributed by atoms with van der Waals surface area (Å²) in [6, 6.07) is 2.49. The summed E-state index contributed by atoms with van der Waals surface area (Å²) >= 11 is 0. The maximum atomic E-state index is 14.6. The van der Waals surface area contributed by atoms with Gasteiger partial charge in [0.25, 0.3) is 5.91 Å². The summed E-state index contributed by atoms with van der Waals surface area (Å²) in [6.45, 7) is 3.78. The van der Waals surface area contributed by atoms with E-state index in [1.165, 1.54) is 0 Å². The van der Waals surface area contributed by atoms with Crippen LogP contribution in [0, 0.1) is 5.82 Å². The minimum absolute atomic E-state index is 0.0201. The van der Waals surface area contributed by atoms with Crippen molar-refractivity contribution in [2.45, 2.75) is 32.4 Å². The highest BCUT2D eigenvalue weighted by molar-refractivity contribution is 5.99. The van der Waals surface area contributed by atoms with Gasteiger partial charge in [-0.25, -0.2) is 19.0 Å². The Labute approximate surface area is 179 Å². The van der Waals surface area contributed by atoms with Gasteiger partial charge in [0.15, 0.2) is 23.1 Å². The highest BCUT2D eigenvalue weighted by Crippen LogP contribution is 2.28. The van der Waals surface area contributed by atoms with Crippen molar-refractivity contribution in [2.24, 2.45) is 18.5 Å². The Kier molecular flexibility index (Phi) is 6.25. The molecule has 0 bridgehead atoms. The Morgan fingerprint density at radius 2 is 2.03 bits per heavy atom. The van der Waals surface area contributed by atoms with Gasteiger partial charge in [-0.2, -0.15) is 5.10 Å². The summed E-state index contributed by atoms with van der Waals surface area (Å²) in [5, 5.41) is 11.3. The molecule has 0 aromatic carbocycles. The Balaban J connectivity index is 2.02.